The molecule has 0 bridgehead atoms. The molecule has 20 heavy (non-hydrogen) atoms. The van der Waals surface area contributed by atoms with Gasteiger partial charge in [-0.25, -0.2) is 0 Å². The number of nitrogens with one attached hydrogen (secondary N) is 2. The van der Waals surface area contributed by atoms with Crippen molar-refractivity contribution in [1.29, 1.82) is 0 Å². The summed E-state index contributed by atoms with van der Waals surface area (Å²) >= 11 is 0. The van der Waals surface area contributed by atoms with Crippen molar-refractivity contribution in [1.82, 2.24) is 10.6 Å². The van der Waals surface area contributed by atoms with Crippen molar-refractivity contribution in [2.24, 2.45) is 4.99 Å². The smallest absolute Gasteiger partial charge is 0.191 e. The zero-order valence-electron chi connectivity index (χ0n) is 12.3. The molecule has 0 amide bonds. The van der Waals surface area contributed by atoms with Gasteiger partial charge in [0, 0.05) is 19.5 Å². The van der Waals surface area contributed by atoms with Gasteiger partial charge in [0.05, 0.1) is 18.9 Å². The minimum absolute atomic E-state index is 0. The third-order valence-corrected chi connectivity index (χ3v) is 2.79. The number of rotatable bonds is 8. The molecule has 6 heteroatoms. The first kappa shape index (κ1) is 19.2. The molecule has 0 saturated heterocycles. The molecule has 0 radical (unpaired) electrons. The van der Waals surface area contributed by atoms with E-state index in [4.69, 9.17) is 4.42 Å². The first-order valence-corrected chi connectivity index (χ1v) is 6.98. The zero-order chi connectivity index (χ0) is 13.9. The van der Waals surface area contributed by atoms with Crippen molar-refractivity contribution in [3.63, 3.8) is 0 Å². The summed E-state index contributed by atoms with van der Waals surface area (Å²) in [6, 6.07) is 3.89. The second kappa shape index (κ2) is 12.0. The maximum Gasteiger partial charge on any atom is 0.191 e. The fourth-order valence-electron chi connectivity index (χ4n) is 1.61. The van der Waals surface area contributed by atoms with Gasteiger partial charge in [0.1, 0.15) is 5.76 Å². The molecule has 0 saturated carbocycles. The molecule has 1 rings (SSSR count). The monoisotopic (exact) mass is 395 g/mol. The zero-order valence-corrected chi connectivity index (χ0v) is 14.6. The number of furan rings is 1. The Labute approximate surface area is 138 Å². The first-order chi connectivity index (χ1) is 9.30. The SMILES string of the molecule is CCCN=C(NCCc1ccco1)N[C@H](CC)CO.I. The number of aliphatic hydroxyl groups is 1. The maximum atomic E-state index is 9.22. The van der Waals surface area contributed by atoms with Gasteiger partial charge in [-0.15, -0.1) is 24.0 Å². The van der Waals surface area contributed by atoms with E-state index in [2.05, 4.69) is 22.5 Å². The van der Waals surface area contributed by atoms with E-state index < -0.39 is 0 Å². The van der Waals surface area contributed by atoms with Gasteiger partial charge in [-0.1, -0.05) is 13.8 Å². The fourth-order valence-corrected chi connectivity index (χ4v) is 1.61. The molecule has 5 nitrogen and oxygen atoms in total. The highest BCUT2D eigenvalue weighted by atomic mass is 127. The Morgan fingerprint density at radius 3 is 2.80 bits per heavy atom. The van der Waals surface area contributed by atoms with Gasteiger partial charge >= 0.3 is 0 Å². The highest BCUT2D eigenvalue weighted by Gasteiger charge is 2.07. The Morgan fingerprint density at radius 1 is 1.45 bits per heavy atom. The number of nitrogens with zero attached hydrogens (tertiary/aromatic N) is 1. The first-order valence-electron chi connectivity index (χ1n) is 6.98. The highest BCUT2D eigenvalue weighted by molar-refractivity contribution is 14.0. The lowest BCUT2D eigenvalue weighted by atomic mass is 10.2. The van der Waals surface area contributed by atoms with Crippen LogP contribution in [0, 0.1) is 0 Å². The Hall–Kier alpha value is -0.760. The lowest BCUT2D eigenvalue weighted by Gasteiger charge is -2.18. The molecule has 1 aromatic heterocycles. The normalized spacial score (nSPS) is 12.7. The van der Waals surface area contributed by atoms with Crippen LogP contribution in [0.4, 0.5) is 0 Å². The molecule has 116 valence electrons. The molecule has 1 heterocycles. The lowest BCUT2D eigenvalue weighted by molar-refractivity contribution is 0.251. The molecule has 0 fully saturated rings. The Kier molecular flexibility index (Phi) is 11.6. The molecule has 0 aliphatic rings. The van der Waals surface area contributed by atoms with Gasteiger partial charge in [0.2, 0.25) is 0 Å². The molecule has 0 aromatic carbocycles. The minimum Gasteiger partial charge on any atom is -0.469 e. The van der Waals surface area contributed by atoms with Crippen LogP contribution in [0.15, 0.2) is 27.8 Å². The third kappa shape index (κ3) is 7.74. The molecule has 0 spiro atoms. The highest BCUT2D eigenvalue weighted by Crippen LogP contribution is 1.99. The van der Waals surface area contributed by atoms with Gasteiger partial charge in [0.15, 0.2) is 5.96 Å². The summed E-state index contributed by atoms with van der Waals surface area (Å²) in [5.41, 5.74) is 0. The van der Waals surface area contributed by atoms with E-state index in [0.29, 0.717) is 0 Å². The van der Waals surface area contributed by atoms with Crippen LogP contribution in [0.2, 0.25) is 0 Å². The Balaban J connectivity index is 0.00000361. The average Bonchev–Trinajstić information content (AvgIpc) is 2.94. The van der Waals surface area contributed by atoms with Crippen molar-refractivity contribution in [2.45, 2.75) is 39.2 Å². The maximum absolute atomic E-state index is 9.22. The summed E-state index contributed by atoms with van der Waals surface area (Å²) in [5, 5.41) is 15.7. The van der Waals surface area contributed by atoms with Crippen molar-refractivity contribution in [3.8, 4) is 0 Å². The van der Waals surface area contributed by atoms with Crippen molar-refractivity contribution >= 4 is 29.9 Å². The van der Waals surface area contributed by atoms with Gasteiger partial charge in [-0.05, 0) is 25.0 Å². The van der Waals surface area contributed by atoms with E-state index in [1.165, 1.54) is 0 Å². The van der Waals surface area contributed by atoms with Crippen molar-refractivity contribution in [2.75, 3.05) is 19.7 Å². The number of aliphatic imine (C=N–C) groups is 1. The number of hydrogen-bond acceptors (Lipinski definition) is 3. The molecule has 1 aromatic rings. The molecular formula is C14H26IN3O2. The van der Waals surface area contributed by atoms with E-state index in [1.807, 2.05) is 19.1 Å². The average molecular weight is 395 g/mol. The van der Waals surface area contributed by atoms with Crippen molar-refractivity contribution < 1.29 is 9.52 Å². The van der Waals surface area contributed by atoms with Crippen LogP contribution in [0.3, 0.4) is 0 Å². The van der Waals surface area contributed by atoms with Gasteiger partial charge < -0.3 is 20.2 Å². The summed E-state index contributed by atoms with van der Waals surface area (Å²) in [6.07, 6.45) is 4.36. The summed E-state index contributed by atoms with van der Waals surface area (Å²) < 4.78 is 5.28. The van der Waals surface area contributed by atoms with Crippen LogP contribution < -0.4 is 10.6 Å². The predicted molar refractivity (Wildman–Crippen MR) is 92.7 cm³/mol. The quantitative estimate of drug-likeness (QED) is 0.359. The van der Waals surface area contributed by atoms with Crippen LogP contribution in [0.1, 0.15) is 32.4 Å². The van der Waals surface area contributed by atoms with Crippen molar-refractivity contribution in [3.05, 3.63) is 24.2 Å². The van der Waals surface area contributed by atoms with Gasteiger partial charge in [-0.3, -0.25) is 4.99 Å². The van der Waals surface area contributed by atoms with Crippen LogP contribution in [-0.4, -0.2) is 36.8 Å². The van der Waals surface area contributed by atoms with Gasteiger partial charge in [-0.2, -0.15) is 0 Å². The van der Waals surface area contributed by atoms with E-state index in [1.54, 1.807) is 6.26 Å². The second-order valence-corrected chi connectivity index (χ2v) is 4.42. The fraction of sp³-hybridized carbons (Fsp3) is 0.643. The second-order valence-electron chi connectivity index (χ2n) is 4.42. The van der Waals surface area contributed by atoms with E-state index in [9.17, 15) is 5.11 Å². The van der Waals surface area contributed by atoms with Crippen LogP contribution in [0.25, 0.3) is 0 Å². The van der Waals surface area contributed by atoms with E-state index in [0.717, 1.165) is 44.1 Å². The summed E-state index contributed by atoms with van der Waals surface area (Å²) in [4.78, 5) is 4.45. The molecular weight excluding hydrogens is 369 g/mol. The largest absolute Gasteiger partial charge is 0.469 e. The van der Waals surface area contributed by atoms with E-state index >= 15 is 0 Å². The Morgan fingerprint density at radius 2 is 2.25 bits per heavy atom. The molecule has 0 unspecified atom stereocenters. The summed E-state index contributed by atoms with van der Waals surface area (Å²) in [7, 11) is 0. The summed E-state index contributed by atoms with van der Waals surface area (Å²) in [6.45, 7) is 5.77. The number of guanidine groups is 1. The predicted octanol–water partition coefficient (Wildman–Crippen LogP) is 2.16. The molecule has 3 N–H and O–H groups in total. The molecule has 0 aliphatic carbocycles. The number of halogens is 1. The lowest BCUT2D eigenvalue weighted by Crippen LogP contribution is -2.45. The number of hydrogen-bond donors (Lipinski definition) is 3. The van der Waals surface area contributed by atoms with Gasteiger partial charge in [0.25, 0.3) is 0 Å². The standard InChI is InChI=1S/C14H25N3O2.HI/c1-3-8-15-14(17-12(4-2)11-18)16-9-7-13-6-5-10-19-13;/h5-6,10,12,18H,3-4,7-9,11H2,1-2H3,(H2,15,16,17);1H/t12-;/m1./s1. The number of aliphatic hydroxyl groups excluding tert-OH is 1. The minimum atomic E-state index is 0. The molecule has 0 aliphatic heterocycles. The van der Waals surface area contributed by atoms with E-state index in [-0.39, 0.29) is 36.6 Å². The summed E-state index contributed by atoms with van der Waals surface area (Å²) in [5.74, 6) is 1.71. The third-order valence-electron chi connectivity index (χ3n) is 2.79. The Bertz CT molecular complexity index is 351. The topological polar surface area (TPSA) is 69.8 Å². The van der Waals surface area contributed by atoms with Crippen LogP contribution >= 0.6 is 24.0 Å². The van der Waals surface area contributed by atoms with Crippen LogP contribution in [0.5, 0.6) is 0 Å². The van der Waals surface area contributed by atoms with Crippen LogP contribution in [-0.2, 0) is 6.42 Å². The molecule has 1 atom stereocenters.